The maximum atomic E-state index is 5.20. The molecule has 0 fully saturated rings. The minimum absolute atomic E-state index is 0.718. The zero-order valence-electron chi connectivity index (χ0n) is 10.5. The second kappa shape index (κ2) is 6.89. The van der Waals surface area contributed by atoms with Crippen molar-refractivity contribution in [3.8, 4) is 5.75 Å². The first kappa shape index (κ1) is 13.5. The summed E-state index contributed by atoms with van der Waals surface area (Å²) in [6.45, 7) is 0. The molecule has 5 heteroatoms. The summed E-state index contributed by atoms with van der Waals surface area (Å²) in [5, 5.41) is 4.17. The fourth-order valence-electron chi connectivity index (χ4n) is 1.53. The summed E-state index contributed by atoms with van der Waals surface area (Å²) in [5.41, 5.74) is 4.98. The van der Waals surface area contributed by atoms with Crippen LogP contribution in [0.2, 0.25) is 0 Å². The zero-order valence-corrected chi connectivity index (χ0v) is 12.1. The Balaban J connectivity index is 1.95. The van der Waals surface area contributed by atoms with E-state index in [0.717, 1.165) is 27.9 Å². The fraction of sp³-hybridized carbons (Fsp3) is 0.143. The van der Waals surface area contributed by atoms with E-state index in [0.29, 0.717) is 0 Å². The second-order valence-corrected chi connectivity index (χ2v) is 4.68. The summed E-state index contributed by atoms with van der Waals surface area (Å²) in [5.74, 6) is 0.841. The number of hydrogen-bond acceptors (Lipinski definition) is 4. The van der Waals surface area contributed by atoms with Crippen LogP contribution in [0.5, 0.6) is 5.75 Å². The van der Waals surface area contributed by atoms with Crippen LogP contribution in [0.4, 0.5) is 5.69 Å². The average Bonchev–Trinajstić information content (AvgIpc) is 2.46. The van der Waals surface area contributed by atoms with Crippen LogP contribution in [-0.4, -0.2) is 18.3 Å². The number of methoxy groups -OCH3 is 1. The third kappa shape index (κ3) is 4.06. The highest BCUT2D eigenvalue weighted by molar-refractivity contribution is 9.10. The molecule has 0 radical (unpaired) electrons. The van der Waals surface area contributed by atoms with E-state index < -0.39 is 0 Å². The van der Waals surface area contributed by atoms with Crippen LogP contribution in [0, 0.1) is 0 Å². The predicted octanol–water partition coefficient (Wildman–Crippen LogP) is 3.49. The molecule has 0 amide bonds. The molecule has 2 aromatic rings. The average molecular weight is 320 g/mol. The van der Waals surface area contributed by atoms with E-state index in [1.165, 1.54) is 0 Å². The van der Waals surface area contributed by atoms with E-state index in [-0.39, 0.29) is 0 Å². The molecular formula is C14H14BrN3O. The lowest BCUT2D eigenvalue weighted by Crippen LogP contribution is -1.94. The Bertz CT molecular complexity index is 558. The minimum atomic E-state index is 0.718. The van der Waals surface area contributed by atoms with Gasteiger partial charge in [0.15, 0.2) is 0 Å². The van der Waals surface area contributed by atoms with E-state index in [9.17, 15) is 0 Å². The molecule has 0 saturated heterocycles. The monoisotopic (exact) mass is 319 g/mol. The summed E-state index contributed by atoms with van der Waals surface area (Å²) in [7, 11) is 1.66. The van der Waals surface area contributed by atoms with Crippen LogP contribution in [-0.2, 0) is 6.42 Å². The number of benzene rings is 1. The Morgan fingerprint density at radius 2 is 2.11 bits per heavy atom. The standard InChI is InChI=1S/C14H14BrN3O/c1-19-13-2-3-14(15)11(10-13)4-9-17-18-12-5-7-16-8-6-12/h2-3,5-10H,4H2,1H3,(H,16,18). The van der Waals surface area contributed by atoms with Gasteiger partial charge in [-0.05, 0) is 35.9 Å². The highest BCUT2D eigenvalue weighted by Crippen LogP contribution is 2.22. The number of pyridine rings is 1. The van der Waals surface area contributed by atoms with Crippen LogP contribution in [0.3, 0.4) is 0 Å². The first-order valence-corrected chi connectivity index (χ1v) is 6.59. The Kier molecular flexibility index (Phi) is 4.92. The molecule has 0 aliphatic carbocycles. The number of aromatic nitrogens is 1. The van der Waals surface area contributed by atoms with E-state index >= 15 is 0 Å². The van der Waals surface area contributed by atoms with Crippen molar-refractivity contribution < 1.29 is 4.74 Å². The Morgan fingerprint density at radius 3 is 2.84 bits per heavy atom. The molecule has 0 bridgehead atoms. The Labute approximate surface area is 120 Å². The quantitative estimate of drug-likeness (QED) is 0.677. The lowest BCUT2D eigenvalue weighted by atomic mass is 10.1. The smallest absolute Gasteiger partial charge is 0.119 e. The van der Waals surface area contributed by atoms with Crippen LogP contribution in [0.25, 0.3) is 0 Å². The number of anilines is 1. The molecule has 1 aromatic heterocycles. The van der Waals surface area contributed by atoms with Crippen LogP contribution < -0.4 is 10.2 Å². The van der Waals surface area contributed by atoms with Gasteiger partial charge in [-0.3, -0.25) is 10.4 Å². The molecule has 0 aliphatic rings. The van der Waals surface area contributed by atoms with Crippen molar-refractivity contribution in [2.45, 2.75) is 6.42 Å². The molecule has 4 nitrogen and oxygen atoms in total. The molecule has 0 atom stereocenters. The van der Waals surface area contributed by atoms with Crippen molar-refractivity contribution in [3.63, 3.8) is 0 Å². The summed E-state index contributed by atoms with van der Waals surface area (Å²) in [6, 6.07) is 9.60. The fourth-order valence-corrected chi connectivity index (χ4v) is 1.93. The van der Waals surface area contributed by atoms with Crippen molar-refractivity contribution in [3.05, 3.63) is 52.8 Å². The minimum Gasteiger partial charge on any atom is -0.497 e. The third-order valence-corrected chi connectivity index (χ3v) is 3.30. The number of halogens is 1. The molecule has 0 saturated carbocycles. The number of hydrazone groups is 1. The van der Waals surface area contributed by atoms with Gasteiger partial charge in [0.25, 0.3) is 0 Å². The molecule has 0 aliphatic heterocycles. The van der Waals surface area contributed by atoms with Gasteiger partial charge in [-0.2, -0.15) is 5.10 Å². The van der Waals surface area contributed by atoms with E-state index in [4.69, 9.17) is 4.74 Å². The van der Waals surface area contributed by atoms with Crippen LogP contribution >= 0.6 is 15.9 Å². The van der Waals surface area contributed by atoms with E-state index in [1.54, 1.807) is 19.5 Å². The van der Waals surface area contributed by atoms with Gasteiger partial charge in [-0.1, -0.05) is 15.9 Å². The van der Waals surface area contributed by atoms with Crippen LogP contribution in [0.1, 0.15) is 5.56 Å². The number of ether oxygens (including phenoxy) is 1. The highest BCUT2D eigenvalue weighted by atomic mass is 79.9. The zero-order chi connectivity index (χ0) is 13.5. The number of nitrogens with zero attached hydrogens (tertiary/aromatic N) is 2. The maximum Gasteiger partial charge on any atom is 0.119 e. The molecule has 1 N–H and O–H groups in total. The summed E-state index contributed by atoms with van der Waals surface area (Å²) in [4.78, 5) is 3.94. The van der Waals surface area contributed by atoms with Gasteiger partial charge in [0.2, 0.25) is 0 Å². The molecule has 0 spiro atoms. The van der Waals surface area contributed by atoms with Crippen molar-refractivity contribution in [2.75, 3.05) is 12.5 Å². The molecule has 1 aromatic carbocycles. The van der Waals surface area contributed by atoms with Crippen molar-refractivity contribution in [1.29, 1.82) is 0 Å². The lowest BCUT2D eigenvalue weighted by molar-refractivity contribution is 0.414. The molecule has 98 valence electrons. The molecule has 0 unspecified atom stereocenters. The topological polar surface area (TPSA) is 46.5 Å². The Hall–Kier alpha value is -1.88. The van der Waals surface area contributed by atoms with Crippen molar-refractivity contribution in [2.24, 2.45) is 5.10 Å². The van der Waals surface area contributed by atoms with Gasteiger partial charge in [0.05, 0.1) is 12.8 Å². The van der Waals surface area contributed by atoms with Gasteiger partial charge in [-0.25, -0.2) is 0 Å². The predicted molar refractivity (Wildman–Crippen MR) is 80.7 cm³/mol. The number of nitrogens with one attached hydrogen (secondary N) is 1. The lowest BCUT2D eigenvalue weighted by Gasteiger charge is -2.04. The number of hydrogen-bond donors (Lipinski definition) is 1. The Morgan fingerprint density at radius 1 is 1.32 bits per heavy atom. The van der Waals surface area contributed by atoms with Gasteiger partial charge in [0, 0.05) is 29.5 Å². The van der Waals surface area contributed by atoms with E-state index in [2.05, 4.69) is 31.4 Å². The van der Waals surface area contributed by atoms with Crippen molar-refractivity contribution >= 4 is 27.8 Å². The molecule has 2 rings (SSSR count). The third-order valence-electron chi connectivity index (χ3n) is 2.53. The molecule has 1 heterocycles. The molecular weight excluding hydrogens is 306 g/mol. The first-order valence-electron chi connectivity index (χ1n) is 5.79. The van der Waals surface area contributed by atoms with Gasteiger partial charge in [-0.15, -0.1) is 0 Å². The highest BCUT2D eigenvalue weighted by Gasteiger charge is 2.00. The largest absolute Gasteiger partial charge is 0.497 e. The summed E-state index contributed by atoms with van der Waals surface area (Å²) in [6.07, 6.45) is 5.98. The van der Waals surface area contributed by atoms with E-state index in [1.807, 2.05) is 36.5 Å². The van der Waals surface area contributed by atoms with Gasteiger partial charge < -0.3 is 4.74 Å². The SMILES string of the molecule is COc1ccc(Br)c(CC=NNc2ccncc2)c1. The second-order valence-electron chi connectivity index (χ2n) is 3.82. The van der Waals surface area contributed by atoms with Crippen LogP contribution in [0.15, 0.2) is 52.3 Å². The normalized spacial score (nSPS) is 10.6. The van der Waals surface area contributed by atoms with Gasteiger partial charge in [0.1, 0.15) is 5.75 Å². The molecule has 19 heavy (non-hydrogen) atoms. The number of rotatable bonds is 5. The summed E-state index contributed by atoms with van der Waals surface area (Å²) < 4.78 is 6.24. The van der Waals surface area contributed by atoms with Crippen molar-refractivity contribution in [1.82, 2.24) is 4.98 Å². The van der Waals surface area contributed by atoms with Gasteiger partial charge >= 0.3 is 0 Å². The summed E-state index contributed by atoms with van der Waals surface area (Å²) >= 11 is 3.51. The maximum absolute atomic E-state index is 5.20. The first-order chi connectivity index (χ1) is 9.29.